The third kappa shape index (κ3) is 2.17. The molecule has 0 radical (unpaired) electrons. The van der Waals surface area contributed by atoms with Crippen molar-refractivity contribution in [3.63, 3.8) is 0 Å². The topological polar surface area (TPSA) is 67.5 Å². The Balaban J connectivity index is 2.03. The van der Waals surface area contributed by atoms with Gasteiger partial charge in [-0.15, -0.1) is 0 Å². The van der Waals surface area contributed by atoms with Crippen molar-refractivity contribution < 1.29 is 10.2 Å². The molecule has 2 unspecified atom stereocenters. The summed E-state index contributed by atoms with van der Waals surface area (Å²) in [5.41, 5.74) is 2.46. The van der Waals surface area contributed by atoms with Crippen molar-refractivity contribution in [2.75, 3.05) is 4.90 Å². The van der Waals surface area contributed by atoms with Crippen molar-refractivity contribution in [2.45, 2.75) is 56.9 Å². The molecule has 1 aromatic rings. The standard InChI is InChI=1S/C16H20N2O2/c1-10(19)15-5-2-11(9-17)6-16(15)18-12-3-4-13(18)8-14(20)7-12/h2,5-6,10,12-14,19-20H,3-4,7-8H2,1H3/t10-,12?,13?,14?/m1/s1. The maximum atomic E-state index is 9.98. The summed E-state index contributed by atoms with van der Waals surface area (Å²) >= 11 is 0. The summed E-state index contributed by atoms with van der Waals surface area (Å²) in [6.07, 6.45) is 2.97. The Morgan fingerprint density at radius 1 is 1.30 bits per heavy atom. The van der Waals surface area contributed by atoms with Crippen LogP contribution in [0.2, 0.25) is 0 Å². The molecule has 1 aromatic carbocycles. The van der Waals surface area contributed by atoms with E-state index < -0.39 is 6.10 Å². The van der Waals surface area contributed by atoms with Crippen LogP contribution in [0.3, 0.4) is 0 Å². The first-order valence-corrected chi connectivity index (χ1v) is 7.28. The van der Waals surface area contributed by atoms with Crippen LogP contribution in [-0.2, 0) is 0 Å². The molecule has 2 fully saturated rings. The van der Waals surface area contributed by atoms with Gasteiger partial charge >= 0.3 is 0 Å². The van der Waals surface area contributed by atoms with Crippen LogP contribution in [0.25, 0.3) is 0 Å². The molecule has 2 heterocycles. The van der Waals surface area contributed by atoms with Crippen LogP contribution in [0.15, 0.2) is 18.2 Å². The van der Waals surface area contributed by atoms with Gasteiger partial charge in [0.25, 0.3) is 0 Å². The van der Waals surface area contributed by atoms with Crippen LogP contribution in [0.5, 0.6) is 0 Å². The molecule has 4 heteroatoms. The number of nitrogens with zero attached hydrogens (tertiary/aromatic N) is 2. The predicted octanol–water partition coefficient (Wildman–Crippen LogP) is 2.10. The minimum Gasteiger partial charge on any atom is -0.393 e. The second-order valence-corrected chi connectivity index (χ2v) is 5.98. The Hall–Kier alpha value is -1.57. The summed E-state index contributed by atoms with van der Waals surface area (Å²) in [5.74, 6) is 0. The largest absolute Gasteiger partial charge is 0.393 e. The molecule has 0 amide bonds. The van der Waals surface area contributed by atoms with E-state index >= 15 is 0 Å². The van der Waals surface area contributed by atoms with Crippen molar-refractivity contribution >= 4 is 5.69 Å². The van der Waals surface area contributed by atoms with Crippen LogP contribution >= 0.6 is 0 Å². The highest BCUT2D eigenvalue weighted by molar-refractivity contribution is 5.61. The van der Waals surface area contributed by atoms with Gasteiger partial charge < -0.3 is 15.1 Å². The van der Waals surface area contributed by atoms with E-state index in [2.05, 4.69) is 11.0 Å². The molecule has 3 rings (SSSR count). The quantitative estimate of drug-likeness (QED) is 0.865. The third-order valence-electron chi connectivity index (χ3n) is 4.60. The van der Waals surface area contributed by atoms with Crippen molar-refractivity contribution in [2.24, 2.45) is 0 Å². The molecular weight excluding hydrogens is 252 g/mol. The third-order valence-corrected chi connectivity index (χ3v) is 4.60. The van der Waals surface area contributed by atoms with E-state index in [1.807, 2.05) is 12.1 Å². The maximum Gasteiger partial charge on any atom is 0.0992 e. The zero-order valence-corrected chi connectivity index (χ0v) is 11.7. The fourth-order valence-corrected chi connectivity index (χ4v) is 3.73. The zero-order valence-electron chi connectivity index (χ0n) is 11.7. The van der Waals surface area contributed by atoms with Gasteiger partial charge in [0.15, 0.2) is 0 Å². The van der Waals surface area contributed by atoms with Crippen LogP contribution < -0.4 is 4.90 Å². The SMILES string of the molecule is C[C@@H](O)c1ccc(C#N)cc1N1C2CCC1CC(O)C2. The number of hydrogen-bond donors (Lipinski definition) is 2. The first kappa shape index (κ1) is 13.4. The van der Waals surface area contributed by atoms with Crippen LogP contribution in [0.4, 0.5) is 5.69 Å². The summed E-state index contributed by atoms with van der Waals surface area (Å²) in [4.78, 5) is 2.33. The normalized spacial score (nSPS) is 30.1. The van der Waals surface area contributed by atoms with Crippen LogP contribution in [0, 0.1) is 11.3 Å². The smallest absolute Gasteiger partial charge is 0.0992 e. The minimum absolute atomic E-state index is 0.210. The Morgan fingerprint density at radius 3 is 2.50 bits per heavy atom. The molecule has 20 heavy (non-hydrogen) atoms. The lowest BCUT2D eigenvalue weighted by atomic mass is 9.96. The van der Waals surface area contributed by atoms with Crippen molar-refractivity contribution in [1.82, 2.24) is 0 Å². The molecule has 2 aliphatic heterocycles. The number of anilines is 1. The molecular formula is C16H20N2O2. The van der Waals surface area contributed by atoms with Gasteiger partial charge in [0.2, 0.25) is 0 Å². The Bertz CT molecular complexity index is 536. The van der Waals surface area contributed by atoms with Crippen molar-refractivity contribution in [3.05, 3.63) is 29.3 Å². The average molecular weight is 272 g/mol. The highest BCUT2D eigenvalue weighted by Gasteiger charge is 2.41. The number of nitriles is 1. The molecule has 0 aromatic heterocycles. The Morgan fingerprint density at radius 2 is 1.95 bits per heavy atom. The van der Waals surface area contributed by atoms with Gasteiger partial charge in [-0.2, -0.15) is 5.26 Å². The second kappa shape index (κ2) is 5.08. The number of aliphatic hydroxyl groups is 2. The summed E-state index contributed by atoms with van der Waals surface area (Å²) in [6.45, 7) is 1.76. The van der Waals surface area contributed by atoms with E-state index in [-0.39, 0.29) is 6.10 Å². The predicted molar refractivity (Wildman–Crippen MR) is 76.3 cm³/mol. The molecule has 3 atom stereocenters. The van der Waals surface area contributed by atoms with Gasteiger partial charge in [-0.3, -0.25) is 0 Å². The summed E-state index contributed by atoms with van der Waals surface area (Å²) < 4.78 is 0. The van der Waals surface area contributed by atoms with Gasteiger partial charge in [-0.05, 0) is 44.7 Å². The minimum atomic E-state index is -0.552. The van der Waals surface area contributed by atoms with E-state index in [1.54, 1.807) is 13.0 Å². The van der Waals surface area contributed by atoms with Gasteiger partial charge in [0.05, 0.1) is 23.8 Å². The summed E-state index contributed by atoms with van der Waals surface area (Å²) in [7, 11) is 0. The summed E-state index contributed by atoms with van der Waals surface area (Å²) in [5, 5.41) is 29.0. The number of hydrogen-bond acceptors (Lipinski definition) is 4. The Labute approximate surface area is 119 Å². The molecule has 106 valence electrons. The number of benzene rings is 1. The van der Waals surface area contributed by atoms with Gasteiger partial charge in [-0.1, -0.05) is 6.07 Å². The highest BCUT2D eigenvalue weighted by Crippen LogP contribution is 2.42. The van der Waals surface area contributed by atoms with Gasteiger partial charge in [0.1, 0.15) is 0 Å². The van der Waals surface area contributed by atoms with Crippen LogP contribution in [-0.4, -0.2) is 28.4 Å². The fraction of sp³-hybridized carbons (Fsp3) is 0.562. The average Bonchev–Trinajstić information content (AvgIpc) is 2.70. The van der Waals surface area contributed by atoms with E-state index in [0.29, 0.717) is 17.6 Å². The number of piperidine rings is 1. The number of rotatable bonds is 2. The molecule has 0 spiro atoms. The first-order valence-electron chi connectivity index (χ1n) is 7.28. The second-order valence-electron chi connectivity index (χ2n) is 5.98. The maximum absolute atomic E-state index is 9.98. The summed E-state index contributed by atoms with van der Waals surface area (Å²) in [6, 6.07) is 8.32. The molecule has 4 nitrogen and oxygen atoms in total. The lowest BCUT2D eigenvalue weighted by molar-refractivity contribution is 0.126. The van der Waals surface area contributed by atoms with Gasteiger partial charge in [0, 0.05) is 23.3 Å². The molecule has 2 saturated heterocycles. The van der Waals surface area contributed by atoms with Gasteiger partial charge in [-0.25, -0.2) is 0 Å². The number of fused-ring (bicyclic) bond motifs is 2. The van der Waals surface area contributed by atoms with Crippen molar-refractivity contribution in [3.8, 4) is 6.07 Å². The molecule has 2 bridgehead atoms. The monoisotopic (exact) mass is 272 g/mol. The number of aliphatic hydroxyl groups excluding tert-OH is 2. The van der Waals surface area contributed by atoms with E-state index in [1.165, 1.54) is 0 Å². The molecule has 2 aliphatic rings. The van der Waals surface area contributed by atoms with Crippen molar-refractivity contribution in [1.29, 1.82) is 5.26 Å². The van der Waals surface area contributed by atoms with E-state index in [4.69, 9.17) is 5.26 Å². The lowest BCUT2D eigenvalue weighted by Gasteiger charge is -2.40. The lowest BCUT2D eigenvalue weighted by Crippen LogP contribution is -2.45. The van der Waals surface area contributed by atoms with E-state index in [9.17, 15) is 10.2 Å². The molecule has 0 saturated carbocycles. The Kier molecular flexibility index (Phi) is 3.41. The molecule has 0 aliphatic carbocycles. The first-order chi connectivity index (χ1) is 9.60. The van der Waals surface area contributed by atoms with Crippen LogP contribution in [0.1, 0.15) is 49.8 Å². The highest BCUT2D eigenvalue weighted by atomic mass is 16.3. The molecule has 2 N–H and O–H groups in total. The van der Waals surface area contributed by atoms with E-state index in [0.717, 1.165) is 36.9 Å². The zero-order chi connectivity index (χ0) is 14.3. The fourth-order valence-electron chi connectivity index (χ4n) is 3.73.